The first-order valence-corrected chi connectivity index (χ1v) is 6.76. The number of esters is 1. The Kier molecular flexibility index (Phi) is 5.17. The first-order valence-electron chi connectivity index (χ1n) is 6.76. The highest BCUT2D eigenvalue weighted by Gasteiger charge is 2.26. The minimum absolute atomic E-state index is 0.0199. The number of halogens is 3. The predicted octanol–water partition coefficient (Wildman–Crippen LogP) is 1.74. The van der Waals surface area contributed by atoms with E-state index in [1.54, 1.807) is 0 Å². The third-order valence-corrected chi connectivity index (χ3v) is 2.98. The van der Waals surface area contributed by atoms with E-state index < -0.39 is 31.0 Å². The fourth-order valence-electron chi connectivity index (χ4n) is 1.77. The summed E-state index contributed by atoms with van der Waals surface area (Å²) in [4.78, 5) is 23.0. The van der Waals surface area contributed by atoms with E-state index in [1.165, 1.54) is 42.3 Å². The van der Waals surface area contributed by atoms with Gasteiger partial charge in [0, 0.05) is 12.1 Å². The summed E-state index contributed by atoms with van der Waals surface area (Å²) in [5.41, 5.74) is 0.741. The van der Waals surface area contributed by atoms with E-state index in [0.717, 1.165) is 0 Å². The molecule has 0 atom stereocenters. The highest BCUT2D eigenvalue weighted by Crippen LogP contribution is 2.18. The fraction of sp³-hybridized carbons (Fsp3) is 0.286. The minimum atomic E-state index is -4.32. The Labute approximate surface area is 134 Å². The van der Waals surface area contributed by atoms with Gasteiger partial charge >= 0.3 is 12.1 Å². The fourth-order valence-corrected chi connectivity index (χ4v) is 1.77. The molecule has 1 N–H and O–H groups in total. The number of hydrogen-bond donors (Lipinski definition) is 1. The second-order valence-corrected chi connectivity index (χ2v) is 4.71. The third kappa shape index (κ3) is 4.54. The van der Waals surface area contributed by atoms with Gasteiger partial charge in [-0.3, -0.25) is 4.79 Å². The van der Waals surface area contributed by atoms with Gasteiger partial charge in [0.25, 0.3) is 5.91 Å². The molecule has 1 aromatic heterocycles. The van der Waals surface area contributed by atoms with Crippen LogP contribution in [-0.4, -0.2) is 46.7 Å². The Hall–Kier alpha value is -2.91. The van der Waals surface area contributed by atoms with Gasteiger partial charge in [-0.15, -0.1) is 5.10 Å². The van der Waals surface area contributed by atoms with Crippen molar-refractivity contribution < 1.29 is 27.5 Å². The van der Waals surface area contributed by atoms with Gasteiger partial charge in [0.05, 0.1) is 25.4 Å². The van der Waals surface area contributed by atoms with E-state index in [1.807, 2.05) is 0 Å². The van der Waals surface area contributed by atoms with Crippen LogP contribution in [0.5, 0.6) is 0 Å². The molecule has 0 saturated carbocycles. The zero-order chi connectivity index (χ0) is 17.7. The van der Waals surface area contributed by atoms with Gasteiger partial charge in [-0.1, -0.05) is 5.21 Å². The number of aromatic nitrogens is 3. The summed E-state index contributed by atoms with van der Waals surface area (Å²) in [5.74, 6) is -1.25. The van der Waals surface area contributed by atoms with Gasteiger partial charge in [-0.2, -0.15) is 13.2 Å². The molecule has 2 rings (SSSR count). The van der Waals surface area contributed by atoms with Crippen LogP contribution in [0.1, 0.15) is 27.3 Å². The van der Waals surface area contributed by atoms with Gasteiger partial charge < -0.3 is 10.1 Å². The van der Waals surface area contributed by atoms with E-state index in [0.29, 0.717) is 5.69 Å². The van der Waals surface area contributed by atoms with Gasteiger partial charge in [-0.25, -0.2) is 9.48 Å². The Morgan fingerprint density at radius 3 is 2.50 bits per heavy atom. The summed E-state index contributed by atoms with van der Waals surface area (Å²) < 4.78 is 41.9. The Bertz CT molecular complexity index is 726. The number of methoxy groups -OCH3 is 1. The van der Waals surface area contributed by atoms with Crippen molar-refractivity contribution in [1.29, 1.82) is 0 Å². The van der Waals surface area contributed by atoms with Crippen molar-refractivity contribution in [2.24, 2.45) is 0 Å². The third-order valence-electron chi connectivity index (χ3n) is 2.98. The van der Waals surface area contributed by atoms with Crippen molar-refractivity contribution in [3.05, 3.63) is 41.7 Å². The van der Waals surface area contributed by atoms with Crippen LogP contribution in [-0.2, 0) is 4.74 Å². The maximum absolute atomic E-state index is 12.0. The monoisotopic (exact) mass is 342 g/mol. The predicted molar refractivity (Wildman–Crippen MR) is 75.7 cm³/mol. The molecule has 2 aromatic rings. The molecule has 0 aliphatic heterocycles. The number of nitrogens with one attached hydrogen (secondary N) is 1. The van der Waals surface area contributed by atoms with Crippen LogP contribution in [0.2, 0.25) is 0 Å². The standard InChI is InChI=1S/C14H13F3N4O3/c1-24-13(23)11-8-21(20-19-11)10-4-2-9(3-5-10)12(22)18-7-6-14(15,16)17/h2-5,8H,6-7H2,1H3,(H,18,22). The van der Waals surface area contributed by atoms with E-state index in [9.17, 15) is 22.8 Å². The molecule has 0 saturated heterocycles. The maximum Gasteiger partial charge on any atom is 0.390 e. The van der Waals surface area contributed by atoms with Gasteiger partial charge in [0.15, 0.2) is 5.69 Å². The molecule has 1 amide bonds. The largest absolute Gasteiger partial charge is 0.464 e. The molecule has 7 nitrogen and oxygen atoms in total. The minimum Gasteiger partial charge on any atom is -0.464 e. The summed E-state index contributed by atoms with van der Waals surface area (Å²) in [7, 11) is 1.22. The molecule has 128 valence electrons. The molecule has 1 aromatic carbocycles. The van der Waals surface area contributed by atoms with Crippen LogP contribution in [0.25, 0.3) is 5.69 Å². The van der Waals surface area contributed by atoms with Gasteiger partial charge in [0.1, 0.15) is 0 Å². The van der Waals surface area contributed by atoms with Gasteiger partial charge in [-0.05, 0) is 24.3 Å². The van der Waals surface area contributed by atoms with Crippen LogP contribution in [0.15, 0.2) is 30.5 Å². The summed E-state index contributed by atoms with van der Waals surface area (Å²) in [6, 6.07) is 5.90. The van der Waals surface area contributed by atoms with Crippen molar-refractivity contribution in [3.8, 4) is 5.69 Å². The molecule has 0 aliphatic carbocycles. The van der Waals surface area contributed by atoms with Crippen molar-refractivity contribution in [3.63, 3.8) is 0 Å². The quantitative estimate of drug-likeness (QED) is 0.837. The lowest BCUT2D eigenvalue weighted by Crippen LogP contribution is -2.27. The topological polar surface area (TPSA) is 86.1 Å². The van der Waals surface area contributed by atoms with Crippen LogP contribution in [0.4, 0.5) is 13.2 Å². The second-order valence-electron chi connectivity index (χ2n) is 4.71. The number of alkyl halides is 3. The lowest BCUT2D eigenvalue weighted by molar-refractivity contribution is -0.133. The van der Waals surface area contributed by atoms with Gasteiger partial charge in [0.2, 0.25) is 0 Å². The number of nitrogens with zero attached hydrogens (tertiary/aromatic N) is 3. The molecule has 0 aliphatic rings. The van der Waals surface area contributed by atoms with Crippen molar-refractivity contribution in [1.82, 2.24) is 20.3 Å². The molecule has 0 spiro atoms. The maximum atomic E-state index is 12.0. The molecule has 24 heavy (non-hydrogen) atoms. The van der Waals surface area contributed by atoms with E-state index >= 15 is 0 Å². The van der Waals surface area contributed by atoms with E-state index in [2.05, 4.69) is 20.4 Å². The average Bonchev–Trinajstić information content (AvgIpc) is 3.03. The molecule has 10 heteroatoms. The van der Waals surface area contributed by atoms with Crippen LogP contribution in [0.3, 0.4) is 0 Å². The second kappa shape index (κ2) is 7.11. The highest BCUT2D eigenvalue weighted by atomic mass is 19.4. The van der Waals surface area contributed by atoms with Crippen LogP contribution in [0, 0.1) is 0 Å². The number of carbonyl (C=O) groups is 2. The number of ether oxygens (including phenoxy) is 1. The Balaban J connectivity index is 2.01. The van der Waals surface area contributed by atoms with E-state index in [4.69, 9.17) is 0 Å². The Morgan fingerprint density at radius 2 is 1.92 bits per heavy atom. The van der Waals surface area contributed by atoms with Crippen LogP contribution >= 0.6 is 0 Å². The number of rotatable bonds is 5. The lowest BCUT2D eigenvalue weighted by atomic mass is 10.2. The van der Waals surface area contributed by atoms with Crippen molar-refractivity contribution in [2.75, 3.05) is 13.7 Å². The van der Waals surface area contributed by atoms with E-state index in [-0.39, 0.29) is 11.3 Å². The molecule has 0 bridgehead atoms. The zero-order valence-electron chi connectivity index (χ0n) is 12.5. The number of benzene rings is 1. The first kappa shape index (κ1) is 17.4. The molecule has 0 fully saturated rings. The number of carbonyl (C=O) groups excluding carboxylic acids is 2. The SMILES string of the molecule is COC(=O)c1cn(-c2ccc(C(=O)NCCC(F)(F)F)cc2)nn1. The lowest BCUT2D eigenvalue weighted by Gasteiger charge is -2.08. The van der Waals surface area contributed by atoms with Crippen molar-refractivity contribution >= 4 is 11.9 Å². The average molecular weight is 342 g/mol. The molecule has 1 heterocycles. The highest BCUT2D eigenvalue weighted by molar-refractivity contribution is 5.94. The molecular weight excluding hydrogens is 329 g/mol. The number of hydrogen-bond acceptors (Lipinski definition) is 5. The van der Waals surface area contributed by atoms with Crippen LogP contribution < -0.4 is 5.32 Å². The smallest absolute Gasteiger partial charge is 0.390 e. The molecular formula is C14H13F3N4O3. The summed E-state index contributed by atoms with van der Waals surface area (Å²) in [6.07, 6.45) is -4.06. The zero-order valence-corrected chi connectivity index (χ0v) is 12.5. The normalized spacial score (nSPS) is 11.2. The molecule has 0 radical (unpaired) electrons. The summed E-state index contributed by atoms with van der Waals surface area (Å²) >= 11 is 0. The summed E-state index contributed by atoms with van der Waals surface area (Å²) in [5, 5.41) is 9.57. The number of amides is 1. The Morgan fingerprint density at radius 1 is 1.25 bits per heavy atom. The van der Waals surface area contributed by atoms with Crippen molar-refractivity contribution in [2.45, 2.75) is 12.6 Å². The summed E-state index contributed by atoms with van der Waals surface area (Å²) in [6.45, 7) is -0.490. The molecule has 0 unspecified atom stereocenters. The first-order chi connectivity index (χ1) is 11.3.